The molecule has 0 radical (unpaired) electrons. The number of hydrogen-bond acceptors (Lipinski definition) is 3. The fraction of sp³-hybridized carbons (Fsp3) is 0.458. The molecule has 3 aliphatic rings. The number of benzene rings is 1. The zero-order chi connectivity index (χ0) is 19.4. The predicted octanol–water partition coefficient (Wildman–Crippen LogP) is 4.16. The Morgan fingerprint density at radius 1 is 1.07 bits per heavy atom. The van der Waals surface area contributed by atoms with E-state index < -0.39 is 0 Å². The molecule has 1 unspecified atom stereocenters. The average molecular weight is 386 g/mol. The Balaban J connectivity index is 1.29. The monoisotopic (exact) mass is 386 g/mol. The molecule has 0 bridgehead atoms. The fourth-order valence-corrected chi connectivity index (χ4v) is 5.72. The van der Waals surface area contributed by atoms with Gasteiger partial charge in [0.2, 0.25) is 5.91 Å². The van der Waals surface area contributed by atoms with E-state index in [1.807, 2.05) is 24.4 Å². The molecule has 2 fully saturated rings. The maximum Gasteiger partial charge on any atom is 0.225 e. The van der Waals surface area contributed by atoms with E-state index in [1.54, 1.807) is 0 Å². The second-order valence-electron chi connectivity index (χ2n) is 9.08. The van der Waals surface area contributed by atoms with Gasteiger partial charge in [-0.3, -0.25) is 14.5 Å². The van der Waals surface area contributed by atoms with Crippen molar-refractivity contribution in [1.82, 2.24) is 19.7 Å². The molecule has 1 saturated heterocycles. The van der Waals surface area contributed by atoms with Crippen LogP contribution in [0.1, 0.15) is 44.2 Å². The summed E-state index contributed by atoms with van der Waals surface area (Å²) >= 11 is 0. The molecule has 2 aliphatic heterocycles. The van der Waals surface area contributed by atoms with Crippen molar-refractivity contribution in [2.45, 2.75) is 50.5 Å². The van der Waals surface area contributed by atoms with Gasteiger partial charge in [0.25, 0.3) is 0 Å². The van der Waals surface area contributed by atoms with E-state index >= 15 is 0 Å². The van der Waals surface area contributed by atoms with Crippen molar-refractivity contribution in [2.24, 2.45) is 5.92 Å². The summed E-state index contributed by atoms with van der Waals surface area (Å²) in [6.45, 7) is 2.71. The highest BCUT2D eigenvalue weighted by Crippen LogP contribution is 2.44. The van der Waals surface area contributed by atoms with E-state index in [4.69, 9.17) is 5.10 Å². The smallest absolute Gasteiger partial charge is 0.225 e. The molecule has 3 aromatic rings. The minimum Gasteiger partial charge on any atom is -0.341 e. The van der Waals surface area contributed by atoms with Crippen LogP contribution in [-0.4, -0.2) is 38.7 Å². The lowest BCUT2D eigenvalue weighted by Crippen LogP contribution is -2.36. The molecule has 5 heteroatoms. The van der Waals surface area contributed by atoms with Crippen molar-refractivity contribution >= 4 is 16.8 Å². The van der Waals surface area contributed by atoms with Gasteiger partial charge in [0.05, 0.1) is 11.2 Å². The van der Waals surface area contributed by atoms with Gasteiger partial charge < -0.3 is 4.90 Å². The highest BCUT2D eigenvalue weighted by atomic mass is 16.2. The van der Waals surface area contributed by atoms with E-state index in [9.17, 15) is 4.79 Å². The van der Waals surface area contributed by atoms with Crippen LogP contribution in [0.3, 0.4) is 0 Å². The average Bonchev–Trinajstić information content (AvgIpc) is 3.54. The second kappa shape index (κ2) is 6.41. The van der Waals surface area contributed by atoms with Gasteiger partial charge >= 0.3 is 0 Å². The minimum atomic E-state index is 0.0871. The first kappa shape index (κ1) is 17.2. The van der Waals surface area contributed by atoms with Crippen molar-refractivity contribution in [1.29, 1.82) is 0 Å². The third-order valence-electron chi connectivity index (χ3n) is 7.38. The molecule has 148 valence electrons. The molecule has 1 atom stereocenters. The summed E-state index contributed by atoms with van der Waals surface area (Å²) in [5.41, 5.74) is 4.47. The van der Waals surface area contributed by atoms with E-state index in [0.29, 0.717) is 5.91 Å². The van der Waals surface area contributed by atoms with Gasteiger partial charge in [-0.2, -0.15) is 5.10 Å². The van der Waals surface area contributed by atoms with E-state index in [2.05, 4.69) is 32.8 Å². The number of pyridine rings is 1. The minimum absolute atomic E-state index is 0.0871. The lowest BCUT2D eigenvalue weighted by molar-refractivity contribution is -0.134. The van der Waals surface area contributed by atoms with Crippen LogP contribution in [0.5, 0.6) is 0 Å². The van der Waals surface area contributed by atoms with E-state index in [-0.39, 0.29) is 11.3 Å². The predicted molar refractivity (Wildman–Crippen MR) is 112 cm³/mol. The molecule has 2 aromatic heterocycles. The number of fused-ring (bicyclic) bond motifs is 3. The third kappa shape index (κ3) is 2.70. The number of carbonyl (C=O) groups is 1. The van der Waals surface area contributed by atoms with Crippen LogP contribution in [0, 0.1) is 5.92 Å². The molecule has 1 amide bonds. The number of aryl methyl sites for hydroxylation is 1. The normalized spacial score (nSPS) is 24.1. The van der Waals surface area contributed by atoms with Gasteiger partial charge in [-0.1, -0.05) is 31.0 Å². The number of amides is 1. The summed E-state index contributed by atoms with van der Waals surface area (Å²) in [5, 5.41) is 6.05. The molecule has 0 N–H and O–H groups in total. The standard InChI is InChI=1S/C24H26N4O/c29-23(17-5-1-2-6-17)27-11-9-24(16-27)10-12-28-22(24)14-21(26-28)19-13-18-7-3-4-8-20(18)25-15-19/h3-4,7-8,13-15,17H,1-2,5-6,9-12,16H2. The number of nitrogens with zero attached hydrogens (tertiary/aromatic N) is 4. The number of carbonyl (C=O) groups excluding carboxylic acids is 1. The summed E-state index contributed by atoms with van der Waals surface area (Å²) < 4.78 is 2.17. The Bertz CT molecular complexity index is 1100. The van der Waals surface area contributed by atoms with Gasteiger partial charge in [-0.05, 0) is 43.9 Å². The topological polar surface area (TPSA) is 51.0 Å². The highest BCUT2D eigenvalue weighted by molar-refractivity contribution is 5.83. The fourth-order valence-electron chi connectivity index (χ4n) is 5.72. The Labute approximate surface area is 170 Å². The summed E-state index contributed by atoms with van der Waals surface area (Å²) in [4.78, 5) is 19.7. The Kier molecular flexibility index (Phi) is 3.80. The maximum atomic E-state index is 12.9. The first-order valence-electron chi connectivity index (χ1n) is 10.9. The summed E-state index contributed by atoms with van der Waals surface area (Å²) in [6, 6.07) is 12.6. The van der Waals surface area contributed by atoms with Crippen molar-refractivity contribution < 1.29 is 4.79 Å². The molecule has 1 aliphatic carbocycles. The first-order valence-corrected chi connectivity index (χ1v) is 10.9. The van der Waals surface area contributed by atoms with Crippen LogP contribution in [0.25, 0.3) is 22.2 Å². The van der Waals surface area contributed by atoms with Crippen molar-refractivity contribution in [3.63, 3.8) is 0 Å². The van der Waals surface area contributed by atoms with Gasteiger partial charge in [0.1, 0.15) is 0 Å². The second-order valence-corrected chi connectivity index (χ2v) is 9.08. The Hall–Kier alpha value is -2.69. The van der Waals surface area contributed by atoms with Gasteiger partial charge in [0, 0.05) is 53.8 Å². The largest absolute Gasteiger partial charge is 0.341 e. The molecular formula is C24H26N4O. The summed E-state index contributed by atoms with van der Waals surface area (Å²) in [5.74, 6) is 0.673. The molecule has 1 aromatic carbocycles. The number of para-hydroxylation sites is 1. The number of aromatic nitrogens is 3. The quantitative estimate of drug-likeness (QED) is 0.664. The first-order chi connectivity index (χ1) is 14.2. The van der Waals surface area contributed by atoms with E-state index in [1.165, 1.54) is 18.5 Å². The zero-order valence-electron chi connectivity index (χ0n) is 16.7. The lowest BCUT2D eigenvalue weighted by Gasteiger charge is -2.25. The molecule has 1 saturated carbocycles. The molecule has 4 heterocycles. The SMILES string of the molecule is O=C(C1CCCC1)N1CCC2(CCn3nc(-c4cnc5ccccc5c4)cc32)C1. The summed E-state index contributed by atoms with van der Waals surface area (Å²) in [7, 11) is 0. The number of likely N-dealkylation sites (tertiary alicyclic amines) is 1. The van der Waals surface area contributed by atoms with Crippen LogP contribution in [0.2, 0.25) is 0 Å². The number of hydrogen-bond donors (Lipinski definition) is 0. The Morgan fingerprint density at radius 2 is 1.90 bits per heavy atom. The van der Waals surface area contributed by atoms with Crippen LogP contribution < -0.4 is 0 Å². The van der Waals surface area contributed by atoms with Crippen LogP contribution in [-0.2, 0) is 16.8 Å². The molecule has 6 rings (SSSR count). The summed E-state index contributed by atoms with van der Waals surface area (Å²) in [6.07, 6.45) is 8.68. The van der Waals surface area contributed by atoms with Gasteiger partial charge in [0.15, 0.2) is 0 Å². The Morgan fingerprint density at radius 3 is 2.79 bits per heavy atom. The van der Waals surface area contributed by atoms with Crippen molar-refractivity contribution in [2.75, 3.05) is 13.1 Å². The van der Waals surface area contributed by atoms with Gasteiger partial charge in [-0.15, -0.1) is 0 Å². The van der Waals surface area contributed by atoms with Crippen molar-refractivity contribution in [3.8, 4) is 11.3 Å². The third-order valence-corrected chi connectivity index (χ3v) is 7.38. The molecule has 5 nitrogen and oxygen atoms in total. The van der Waals surface area contributed by atoms with Crippen molar-refractivity contribution in [3.05, 3.63) is 48.3 Å². The number of rotatable bonds is 2. The van der Waals surface area contributed by atoms with Crippen LogP contribution in [0.15, 0.2) is 42.6 Å². The highest BCUT2D eigenvalue weighted by Gasteiger charge is 2.47. The lowest BCUT2D eigenvalue weighted by atomic mass is 9.82. The van der Waals surface area contributed by atoms with Gasteiger partial charge in [-0.25, -0.2) is 0 Å². The molecular weight excluding hydrogens is 360 g/mol. The van der Waals surface area contributed by atoms with E-state index in [0.717, 1.165) is 67.5 Å². The molecule has 1 spiro atoms. The zero-order valence-corrected chi connectivity index (χ0v) is 16.7. The molecule has 29 heavy (non-hydrogen) atoms. The van der Waals surface area contributed by atoms with Crippen LogP contribution >= 0.6 is 0 Å². The van der Waals surface area contributed by atoms with Crippen LogP contribution in [0.4, 0.5) is 0 Å². The maximum absolute atomic E-state index is 12.9.